The third kappa shape index (κ3) is 3.63. The second kappa shape index (κ2) is 6.84. The van der Waals surface area contributed by atoms with E-state index in [1.54, 1.807) is 30.5 Å². The van der Waals surface area contributed by atoms with E-state index >= 15 is 0 Å². The van der Waals surface area contributed by atoms with Gasteiger partial charge in [-0.2, -0.15) is 5.10 Å². The maximum Gasteiger partial charge on any atom is 0.255 e. The molecule has 3 aromatic rings. The van der Waals surface area contributed by atoms with Crippen LogP contribution in [0.5, 0.6) is 0 Å². The highest BCUT2D eigenvalue weighted by Gasteiger charge is 2.10. The fraction of sp³-hybridized carbons (Fsp3) is 0.111. The molecule has 0 unspecified atom stereocenters. The zero-order valence-electron chi connectivity index (χ0n) is 13.0. The summed E-state index contributed by atoms with van der Waals surface area (Å²) in [5.74, 6) is -0.606. The van der Waals surface area contributed by atoms with Crippen LogP contribution >= 0.6 is 11.6 Å². The van der Waals surface area contributed by atoms with Crippen LogP contribution in [0, 0.1) is 12.7 Å². The minimum absolute atomic E-state index is 0.186. The lowest BCUT2D eigenvalue weighted by molar-refractivity contribution is 0.102. The summed E-state index contributed by atoms with van der Waals surface area (Å²) in [5.41, 5.74) is 2.47. The van der Waals surface area contributed by atoms with Gasteiger partial charge in [0, 0.05) is 22.3 Å². The van der Waals surface area contributed by atoms with Gasteiger partial charge in [-0.25, -0.2) is 4.39 Å². The van der Waals surface area contributed by atoms with Crippen LogP contribution in [0.25, 0.3) is 0 Å². The Labute approximate surface area is 143 Å². The molecule has 0 saturated carbocycles. The molecule has 0 aliphatic carbocycles. The van der Waals surface area contributed by atoms with Gasteiger partial charge in [0.25, 0.3) is 5.91 Å². The molecule has 0 bridgehead atoms. The van der Waals surface area contributed by atoms with Gasteiger partial charge in [0.15, 0.2) is 0 Å². The summed E-state index contributed by atoms with van der Waals surface area (Å²) >= 11 is 6.01. The monoisotopic (exact) mass is 343 g/mol. The van der Waals surface area contributed by atoms with Crippen LogP contribution in [0.3, 0.4) is 0 Å². The standard InChI is InChI=1S/C18H15ClFN3O/c1-12-4-2-5-13(8-12)18(24)22-14-9-21-23(10-14)11-15-16(19)6-3-7-17(15)20/h2-10H,11H2,1H3,(H,22,24). The summed E-state index contributed by atoms with van der Waals surface area (Å²) in [7, 11) is 0. The van der Waals surface area contributed by atoms with Gasteiger partial charge in [-0.3, -0.25) is 9.48 Å². The molecule has 1 amide bonds. The predicted octanol–water partition coefficient (Wildman–Crippen LogP) is 4.28. The number of carbonyl (C=O) groups is 1. The van der Waals surface area contributed by atoms with Crippen molar-refractivity contribution in [1.82, 2.24) is 9.78 Å². The van der Waals surface area contributed by atoms with E-state index in [1.165, 1.54) is 16.9 Å². The van der Waals surface area contributed by atoms with Crippen molar-refractivity contribution < 1.29 is 9.18 Å². The van der Waals surface area contributed by atoms with E-state index in [2.05, 4.69) is 10.4 Å². The van der Waals surface area contributed by atoms with Crippen molar-refractivity contribution in [2.45, 2.75) is 13.5 Å². The number of carbonyl (C=O) groups excluding carboxylic acids is 1. The second-order valence-electron chi connectivity index (χ2n) is 5.45. The molecular weight excluding hydrogens is 329 g/mol. The third-order valence-electron chi connectivity index (χ3n) is 3.55. The van der Waals surface area contributed by atoms with E-state index in [-0.39, 0.29) is 18.3 Å². The second-order valence-corrected chi connectivity index (χ2v) is 5.86. The Bertz CT molecular complexity index is 871. The molecule has 1 aromatic heterocycles. The lowest BCUT2D eigenvalue weighted by atomic mass is 10.1. The fourth-order valence-electron chi connectivity index (χ4n) is 2.35. The van der Waals surface area contributed by atoms with Crippen molar-refractivity contribution in [1.29, 1.82) is 0 Å². The Morgan fingerprint density at radius 1 is 1.29 bits per heavy atom. The van der Waals surface area contributed by atoms with E-state index < -0.39 is 0 Å². The number of nitrogens with one attached hydrogen (secondary N) is 1. The number of anilines is 1. The van der Waals surface area contributed by atoms with Crippen molar-refractivity contribution >= 4 is 23.2 Å². The molecule has 0 radical (unpaired) electrons. The van der Waals surface area contributed by atoms with E-state index in [0.29, 0.717) is 21.8 Å². The molecule has 4 nitrogen and oxygen atoms in total. The van der Waals surface area contributed by atoms with Crippen molar-refractivity contribution in [3.05, 3.63) is 82.4 Å². The molecule has 3 rings (SSSR count). The van der Waals surface area contributed by atoms with Crippen molar-refractivity contribution in [3.8, 4) is 0 Å². The molecule has 0 spiro atoms. The topological polar surface area (TPSA) is 46.9 Å². The van der Waals surface area contributed by atoms with Crippen LogP contribution in [-0.2, 0) is 6.54 Å². The first kappa shape index (κ1) is 16.2. The number of amides is 1. The molecule has 24 heavy (non-hydrogen) atoms. The number of nitrogens with zero attached hydrogens (tertiary/aromatic N) is 2. The Morgan fingerprint density at radius 3 is 2.83 bits per heavy atom. The van der Waals surface area contributed by atoms with Gasteiger partial charge in [-0.1, -0.05) is 35.4 Å². The molecule has 6 heteroatoms. The molecule has 122 valence electrons. The third-order valence-corrected chi connectivity index (χ3v) is 3.91. The number of rotatable bonds is 4. The summed E-state index contributed by atoms with van der Waals surface area (Å²) in [6.45, 7) is 2.11. The Kier molecular flexibility index (Phi) is 4.62. The molecular formula is C18H15ClFN3O. The van der Waals surface area contributed by atoms with E-state index in [0.717, 1.165) is 5.56 Å². The van der Waals surface area contributed by atoms with Crippen molar-refractivity contribution in [2.75, 3.05) is 5.32 Å². The highest BCUT2D eigenvalue weighted by atomic mass is 35.5. The van der Waals surface area contributed by atoms with Gasteiger partial charge in [-0.05, 0) is 31.2 Å². The number of hydrogen-bond acceptors (Lipinski definition) is 2. The Balaban J connectivity index is 1.73. The van der Waals surface area contributed by atoms with Crippen LogP contribution in [-0.4, -0.2) is 15.7 Å². The van der Waals surface area contributed by atoms with Gasteiger partial charge < -0.3 is 5.32 Å². The number of aromatic nitrogens is 2. The SMILES string of the molecule is Cc1cccc(C(=O)Nc2cnn(Cc3c(F)cccc3Cl)c2)c1. The van der Waals surface area contributed by atoms with Gasteiger partial charge in [0.2, 0.25) is 0 Å². The van der Waals surface area contributed by atoms with Crippen molar-refractivity contribution in [2.24, 2.45) is 0 Å². The quantitative estimate of drug-likeness (QED) is 0.768. The smallest absolute Gasteiger partial charge is 0.255 e. The average molecular weight is 344 g/mol. The average Bonchev–Trinajstić information content (AvgIpc) is 2.98. The maximum absolute atomic E-state index is 13.8. The van der Waals surface area contributed by atoms with Crippen LogP contribution in [0.1, 0.15) is 21.5 Å². The number of halogens is 2. The molecule has 1 N–H and O–H groups in total. The van der Waals surface area contributed by atoms with Crippen LogP contribution in [0.2, 0.25) is 5.02 Å². The van der Waals surface area contributed by atoms with E-state index in [9.17, 15) is 9.18 Å². The van der Waals surface area contributed by atoms with E-state index in [4.69, 9.17) is 11.6 Å². The van der Waals surface area contributed by atoms with E-state index in [1.807, 2.05) is 19.1 Å². The molecule has 0 atom stereocenters. The minimum Gasteiger partial charge on any atom is -0.319 e. The fourth-order valence-corrected chi connectivity index (χ4v) is 2.57. The molecule has 0 saturated heterocycles. The number of aryl methyl sites for hydroxylation is 1. The molecule has 2 aromatic carbocycles. The highest BCUT2D eigenvalue weighted by molar-refractivity contribution is 6.31. The first-order chi connectivity index (χ1) is 11.5. The highest BCUT2D eigenvalue weighted by Crippen LogP contribution is 2.20. The first-order valence-corrected chi connectivity index (χ1v) is 7.74. The summed E-state index contributed by atoms with van der Waals surface area (Å²) in [4.78, 5) is 12.2. The Morgan fingerprint density at radius 2 is 2.08 bits per heavy atom. The van der Waals surface area contributed by atoms with Crippen molar-refractivity contribution in [3.63, 3.8) is 0 Å². The number of benzene rings is 2. The van der Waals surface area contributed by atoms with Crippen LogP contribution in [0.15, 0.2) is 54.9 Å². The summed E-state index contributed by atoms with van der Waals surface area (Å²) in [6.07, 6.45) is 3.15. The van der Waals surface area contributed by atoms with Gasteiger partial charge in [-0.15, -0.1) is 0 Å². The Hall–Kier alpha value is -2.66. The summed E-state index contributed by atoms with van der Waals surface area (Å²) < 4.78 is 15.3. The molecule has 0 aliphatic heterocycles. The molecule has 0 aliphatic rings. The lowest BCUT2D eigenvalue weighted by Crippen LogP contribution is -2.11. The zero-order valence-corrected chi connectivity index (χ0v) is 13.7. The molecule has 0 fully saturated rings. The maximum atomic E-state index is 13.8. The normalized spacial score (nSPS) is 10.6. The number of hydrogen-bond donors (Lipinski definition) is 1. The largest absolute Gasteiger partial charge is 0.319 e. The minimum atomic E-state index is -0.386. The summed E-state index contributed by atoms with van der Waals surface area (Å²) in [6, 6.07) is 11.8. The van der Waals surface area contributed by atoms with Gasteiger partial charge in [0.1, 0.15) is 5.82 Å². The molecule has 1 heterocycles. The zero-order chi connectivity index (χ0) is 17.1. The van der Waals surface area contributed by atoms with Crippen LogP contribution in [0.4, 0.5) is 10.1 Å². The summed E-state index contributed by atoms with van der Waals surface area (Å²) in [5, 5.41) is 7.25. The lowest BCUT2D eigenvalue weighted by Gasteiger charge is -2.06. The predicted molar refractivity (Wildman–Crippen MR) is 91.9 cm³/mol. The first-order valence-electron chi connectivity index (χ1n) is 7.36. The van der Waals surface area contributed by atoms with Crippen LogP contribution < -0.4 is 5.32 Å². The van der Waals surface area contributed by atoms with Gasteiger partial charge in [0.05, 0.1) is 18.4 Å². The van der Waals surface area contributed by atoms with Gasteiger partial charge >= 0.3 is 0 Å².